The minimum atomic E-state index is -2.58. The van der Waals surface area contributed by atoms with Crippen LogP contribution in [0.25, 0.3) is 22.6 Å². The van der Waals surface area contributed by atoms with E-state index in [2.05, 4.69) is 18.8 Å². The zero-order chi connectivity index (χ0) is 28.9. The molecule has 0 bridgehead atoms. The number of aliphatic hydroxyl groups is 3. The zero-order valence-electron chi connectivity index (χ0n) is 22.2. The normalized spacial score (nSPS) is 23.9. The van der Waals surface area contributed by atoms with Crippen LogP contribution < -0.4 is 11.1 Å². The van der Waals surface area contributed by atoms with Crippen LogP contribution in [0.5, 0.6) is 5.75 Å². The van der Waals surface area contributed by atoms with Gasteiger partial charge in [0, 0.05) is 30.2 Å². The molecule has 2 aromatic carbocycles. The van der Waals surface area contributed by atoms with Gasteiger partial charge in [-0.15, -0.1) is 0 Å². The standard InChI is InChI=1S/C31H32N2O7/c1-3-4-10-33-15(2)16-6-5-7-17(11-16)20-8-9-22(34)25-21(20)13-18-12-19-14-23(35)26(30(32)39)29(38)31(19,40)28(37)24(18)27(25)36/h5-9,11,18-19,33-34,36,38,40H,2-4,10,12-14H2,1H3,(H2,32,39)/t18?,19-,31-/m0/s1. The van der Waals surface area contributed by atoms with Crippen molar-refractivity contribution in [2.24, 2.45) is 17.6 Å². The molecule has 9 heteroatoms. The lowest BCUT2D eigenvalue weighted by Gasteiger charge is -2.46. The number of rotatable bonds is 7. The third-order valence-corrected chi connectivity index (χ3v) is 8.34. The summed E-state index contributed by atoms with van der Waals surface area (Å²) in [6.07, 6.45) is 2.02. The lowest BCUT2D eigenvalue weighted by molar-refractivity contribution is -0.147. The van der Waals surface area contributed by atoms with E-state index >= 15 is 0 Å². The first-order valence-electron chi connectivity index (χ1n) is 13.4. The number of carbonyl (C=O) groups excluding carboxylic acids is 3. The number of carbonyl (C=O) groups is 3. The summed E-state index contributed by atoms with van der Waals surface area (Å²) in [5.74, 6) is -6.46. The summed E-state index contributed by atoms with van der Waals surface area (Å²) in [7, 11) is 0. The lowest BCUT2D eigenvalue weighted by Crippen LogP contribution is -2.58. The van der Waals surface area contributed by atoms with Gasteiger partial charge in [0.1, 0.15) is 22.8 Å². The van der Waals surface area contributed by atoms with E-state index in [-0.39, 0.29) is 36.1 Å². The van der Waals surface area contributed by atoms with Crippen molar-refractivity contribution in [2.75, 3.05) is 6.54 Å². The summed E-state index contributed by atoms with van der Waals surface area (Å²) in [5, 5.41) is 47.6. The van der Waals surface area contributed by atoms with Gasteiger partial charge in [-0.25, -0.2) is 0 Å². The number of benzene rings is 2. The molecule has 7 N–H and O–H groups in total. The van der Waals surface area contributed by atoms with Crippen molar-refractivity contribution in [3.05, 3.63) is 76.6 Å². The average molecular weight is 545 g/mol. The molecule has 208 valence electrons. The zero-order valence-corrected chi connectivity index (χ0v) is 22.2. The lowest BCUT2D eigenvalue weighted by atomic mass is 9.59. The van der Waals surface area contributed by atoms with Crippen LogP contribution in [0.15, 0.2) is 59.9 Å². The van der Waals surface area contributed by atoms with E-state index in [1.807, 2.05) is 24.3 Å². The van der Waals surface area contributed by atoms with E-state index < -0.39 is 52.0 Å². The van der Waals surface area contributed by atoms with Crippen molar-refractivity contribution in [1.82, 2.24) is 5.32 Å². The van der Waals surface area contributed by atoms with Gasteiger partial charge in [0.15, 0.2) is 11.4 Å². The first-order chi connectivity index (χ1) is 19.0. The Balaban J connectivity index is 1.60. The number of hydrogen-bond acceptors (Lipinski definition) is 8. The van der Waals surface area contributed by atoms with Gasteiger partial charge in [0.25, 0.3) is 5.91 Å². The maximum absolute atomic E-state index is 13.7. The fourth-order valence-corrected chi connectivity index (χ4v) is 6.28. The molecule has 1 amide bonds. The smallest absolute Gasteiger partial charge is 0.255 e. The molecule has 5 rings (SSSR count). The number of aromatic hydroxyl groups is 1. The fraction of sp³-hybridized carbons (Fsp3) is 0.323. The number of amides is 1. The summed E-state index contributed by atoms with van der Waals surface area (Å²) in [6, 6.07) is 10.9. The number of unbranched alkanes of at least 4 members (excludes halogenated alkanes) is 1. The molecule has 0 aliphatic heterocycles. The molecule has 0 radical (unpaired) electrons. The van der Waals surface area contributed by atoms with E-state index in [9.17, 15) is 34.8 Å². The number of hydrogen-bond donors (Lipinski definition) is 6. The Morgan fingerprint density at radius 1 is 1.15 bits per heavy atom. The molecule has 3 aliphatic carbocycles. The third-order valence-electron chi connectivity index (χ3n) is 8.34. The Bertz CT molecular complexity index is 1540. The molecule has 9 nitrogen and oxygen atoms in total. The molecule has 40 heavy (non-hydrogen) atoms. The molecule has 0 saturated heterocycles. The summed E-state index contributed by atoms with van der Waals surface area (Å²) < 4.78 is 0. The Labute approximate surface area is 231 Å². The minimum absolute atomic E-state index is 0.0648. The second kappa shape index (κ2) is 9.98. The molecule has 0 spiro atoms. The fourth-order valence-electron chi connectivity index (χ4n) is 6.28. The van der Waals surface area contributed by atoms with Crippen molar-refractivity contribution in [3.63, 3.8) is 0 Å². The Hall–Kier alpha value is -4.37. The number of Topliss-reactive ketones (excluding diaryl/α,β-unsaturated/α-hetero) is 2. The summed E-state index contributed by atoms with van der Waals surface area (Å²) in [5.41, 5.74) is 5.60. The predicted molar refractivity (Wildman–Crippen MR) is 149 cm³/mol. The highest BCUT2D eigenvalue weighted by Crippen LogP contribution is 2.53. The van der Waals surface area contributed by atoms with Crippen LogP contribution >= 0.6 is 0 Å². The van der Waals surface area contributed by atoms with E-state index in [1.165, 1.54) is 6.07 Å². The Morgan fingerprint density at radius 3 is 2.60 bits per heavy atom. The molecule has 1 fully saturated rings. The second-order valence-corrected chi connectivity index (χ2v) is 10.7. The highest BCUT2D eigenvalue weighted by molar-refractivity contribution is 6.22. The van der Waals surface area contributed by atoms with Gasteiger partial charge in [-0.05, 0) is 59.6 Å². The summed E-state index contributed by atoms with van der Waals surface area (Å²) in [6.45, 7) is 7.05. The average Bonchev–Trinajstić information content (AvgIpc) is 2.90. The van der Waals surface area contributed by atoms with Gasteiger partial charge >= 0.3 is 0 Å². The first-order valence-corrected chi connectivity index (χ1v) is 13.4. The molecular weight excluding hydrogens is 512 g/mol. The predicted octanol–water partition coefficient (Wildman–Crippen LogP) is 3.45. The maximum atomic E-state index is 13.7. The topological polar surface area (TPSA) is 170 Å². The quantitative estimate of drug-likeness (QED) is 0.227. The second-order valence-electron chi connectivity index (χ2n) is 10.7. The van der Waals surface area contributed by atoms with E-state index in [0.717, 1.165) is 41.8 Å². The van der Waals surface area contributed by atoms with Gasteiger partial charge in [0.05, 0.1) is 5.56 Å². The van der Waals surface area contributed by atoms with Crippen LogP contribution in [0.4, 0.5) is 0 Å². The van der Waals surface area contributed by atoms with Crippen LogP contribution in [-0.4, -0.2) is 50.0 Å². The maximum Gasteiger partial charge on any atom is 0.255 e. The van der Waals surface area contributed by atoms with Crippen LogP contribution in [-0.2, 0) is 20.8 Å². The SMILES string of the molecule is C=C(NCCCC)c1cccc(-c2ccc(O)c3c2CC2C[C@H]4CC(=O)C(C(N)=O)=C(O)[C@@]4(O)C(=O)C2=C3O)c1. The monoisotopic (exact) mass is 544 g/mol. The molecule has 2 aromatic rings. The molecule has 3 atom stereocenters. The number of nitrogens with two attached hydrogens (primary N) is 1. The number of primary amides is 1. The number of nitrogens with one attached hydrogen (secondary N) is 1. The van der Waals surface area contributed by atoms with Crippen molar-refractivity contribution < 1.29 is 34.8 Å². The van der Waals surface area contributed by atoms with Crippen molar-refractivity contribution in [3.8, 4) is 16.9 Å². The summed E-state index contributed by atoms with van der Waals surface area (Å²) in [4.78, 5) is 38.1. The number of aliphatic hydroxyl groups excluding tert-OH is 2. The molecule has 3 aliphatic rings. The third kappa shape index (κ3) is 4.08. The van der Waals surface area contributed by atoms with Gasteiger partial charge in [-0.2, -0.15) is 0 Å². The van der Waals surface area contributed by atoms with Crippen molar-refractivity contribution in [1.29, 1.82) is 0 Å². The minimum Gasteiger partial charge on any atom is -0.508 e. The van der Waals surface area contributed by atoms with Gasteiger partial charge < -0.3 is 31.5 Å². The largest absolute Gasteiger partial charge is 0.508 e. The van der Waals surface area contributed by atoms with E-state index in [1.54, 1.807) is 6.07 Å². The highest BCUT2D eigenvalue weighted by atomic mass is 16.3. The summed E-state index contributed by atoms with van der Waals surface area (Å²) >= 11 is 0. The first kappa shape index (κ1) is 27.2. The van der Waals surface area contributed by atoms with Crippen LogP contribution in [0, 0.1) is 11.8 Å². The van der Waals surface area contributed by atoms with E-state index in [4.69, 9.17) is 5.73 Å². The number of ketones is 2. The number of fused-ring (bicyclic) bond motifs is 3. The van der Waals surface area contributed by atoms with Gasteiger partial charge in [-0.3, -0.25) is 14.4 Å². The molecule has 0 aromatic heterocycles. The molecule has 0 heterocycles. The van der Waals surface area contributed by atoms with Crippen molar-refractivity contribution in [2.45, 2.75) is 44.6 Å². The number of phenols is 1. The van der Waals surface area contributed by atoms with Crippen LogP contribution in [0.1, 0.15) is 49.3 Å². The van der Waals surface area contributed by atoms with Crippen LogP contribution in [0.2, 0.25) is 0 Å². The highest BCUT2D eigenvalue weighted by Gasteiger charge is 2.60. The van der Waals surface area contributed by atoms with Gasteiger partial charge in [-0.1, -0.05) is 44.2 Å². The molecule has 1 saturated carbocycles. The molecular formula is C31H32N2O7. The van der Waals surface area contributed by atoms with Crippen molar-refractivity contribution >= 4 is 28.9 Å². The Morgan fingerprint density at radius 2 is 1.90 bits per heavy atom. The molecule has 1 unspecified atom stereocenters. The number of phenolic OH excluding ortho intramolecular Hbond substituents is 1. The van der Waals surface area contributed by atoms with Crippen LogP contribution in [0.3, 0.4) is 0 Å². The Kier molecular flexibility index (Phi) is 6.79. The van der Waals surface area contributed by atoms with E-state index in [0.29, 0.717) is 5.56 Å². The van der Waals surface area contributed by atoms with Gasteiger partial charge in [0.2, 0.25) is 5.78 Å².